The van der Waals surface area contributed by atoms with Gasteiger partial charge in [0.2, 0.25) is 0 Å². The predicted molar refractivity (Wildman–Crippen MR) is 92.3 cm³/mol. The molecule has 0 aliphatic heterocycles. The van der Waals surface area contributed by atoms with Crippen molar-refractivity contribution in [2.75, 3.05) is 20.1 Å². The van der Waals surface area contributed by atoms with Crippen LogP contribution in [-0.4, -0.2) is 38.0 Å². The van der Waals surface area contributed by atoms with E-state index in [2.05, 4.69) is 41.8 Å². The Morgan fingerprint density at radius 1 is 1.04 bits per heavy atom. The fraction of sp³-hybridized carbons (Fsp3) is 0.556. The first-order chi connectivity index (χ1) is 10.8. The molecule has 23 heavy (non-hydrogen) atoms. The van der Waals surface area contributed by atoms with Gasteiger partial charge in [-0.1, -0.05) is 36.8 Å². The van der Waals surface area contributed by atoms with Gasteiger partial charge in [0.25, 0.3) is 11.8 Å². The maximum Gasteiger partial charge on any atom is 0.275 e. The van der Waals surface area contributed by atoms with E-state index in [1.807, 2.05) is 27.8 Å². The molecular formula is C18H30N3O2+. The highest BCUT2D eigenvalue weighted by Gasteiger charge is 2.18. The second-order valence-corrected chi connectivity index (χ2v) is 6.47. The van der Waals surface area contributed by atoms with Crippen LogP contribution in [0, 0.1) is 6.92 Å². The van der Waals surface area contributed by atoms with Crippen LogP contribution in [0.4, 0.5) is 0 Å². The van der Waals surface area contributed by atoms with Crippen LogP contribution >= 0.6 is 0 Å². The van der Waals surface area contributed by atoms with Gasteiger partial charge >= 0.3 is 0 Å². The summed E-state index contributed by atoms with van der Waals surface area (Å²) in [7, 11) is 1.85. The van der Waals surface area contributed by atoms with E-state index in [9.17, 15) is 9.59 Å². The van der Waals surface area contributed by atoms with E-state index in [0.29, 0.717) is 6.54 Å². The van der Waals surface area contributed by atoms with Crippen LogP contribution in [0.15, 0.2) is 24.3 Å². The summed E-state index contributed by atoms with van der Waals surface area (Å²) in [5.41, 5.74) is 2.32. The standard InChI is InChI=1S/C18H29N3O2/c1-6-16(15-9-7-14(4)8-10-15)20-18(23)12-21(5)11-17(22)19-13(2)3/h7-10,13,16H,6,11-12H2,1-5H3,(H,19,22)(H,20,23)/p+1/t16-/m0/s1. The van der Waals surface area contributed by atoms with Crippen molar-refractivity contribution in [3.8, 4) is 0 Å². The maximum absolute atomic E-state index is 12.2. The minimum Gasteiger partial charge on any atom is -0.349 e. The minimum atomic E-state index is -0.0349. The number of rotatable bonds is 8. The molecule has 2 amide bonds. The van der Waals surface area contributed by atoms with Gasteiger partial charge in [-0.05, 0) is 32.8 Å². The van der Waals surface area contributed by atoms with Crippen LogP contribution in [0.25, 0.3) is 0 Å². The lowest BCUT2D eigenvalue weighted by Gasteiger charge is -2.19. The number of quaternary nitrogens is 1. The number of benzene rings is 1. The molecule has 128 valence electrons. The minimum absolute atomic E-state index is 0.0143. The molecule has 0 saturated carbocycles. The highest BCUT2D eigenvalue weighted by Crippen LogP contribution is 2.16. The van der Waals surface area contributed by atoms with Crippen LogP contribution < -0.4 is 15.5 Å². The average Bonchev–Trinajstić information content (AvgIpc) is 2.44. The van der Waals surface area contributed by atoms with Crippen molar-refractivity contribution in [2.24, 2.45) is 0 Å². The molecule has 0 bridgehead atoms. The molecule has 1 aromatic rings. The number of likely N-dealkylation sites (N-methyl/N-ethyl adjacent to an activating group) is 1. The molecule has 0 aromatic heterocycles. The second kappa shape index (κ2) is 9.30. The number of hydrogen-bond acceptors (Lipinski definition) is 2. The average molecular weight is 320 g/mol. The van der Waals surface area contributed by atoms with Crippen molar-refractivity contribution < 1.29 is 14.5 Å². The summed E-state index contributed by atoms with van der Waals surface area (Å²) in [5, 5.41) is 5.89. The Balaban J connectivity index is 2.50. The quantitative estimate of drug-likeness (QED) is 0.657. The van der Waals surface area contributed by atoms with E-state index >= 15 is 0 Å². The Kier molecular flexibility index (Phi) is 7.75. The van der Waals surface area contributed by atoms with Crippen LogP contribution in [0.5, 0.6) is 0 Å². The molecule has 0 aliphatic rings. The molecule has 5 heteroatoms. The van der Waals surface area contributed by atoms with E-state index < -0.39 is 0 Å². The molecule has 0 heterocycles. The smallest absolute Gasteiger partial charge is 0.275 e. The fourth-order valence-electron chi connectivity index (χ4n) is 2.45. The van der Waals surface area contributed by atoms with Gasteiger partial charge in [-0.25, -0.2) is 0 Å². The number of nitrogens with one attached hydrogen (secondary N) is 3. The molecule has 3 N–H and O–H groups in total. The van der Waals surface area contributed by atoms with Crippen LogP contribution in [0.3, 0.4) is 0 Å². The lowest BCUT2D eigenvalue weighted by molar-refractivity contribution is -0.862. The first kappa shape index (κ1) is 19.2. The Labute approximate surface area is 139 Å². The van der Waals surface area contributed by atoms with Crippen LogP contribution in [-0.2, 0) is 9.59 Å². The SMILES string of the molecule is CC[C@H](NC(=O)C[NH+](C)CC(=O)NC(C)C)c1ccc(C)cc1. The molecule has 1 unspecified atom stereocenters. The number of carbonyl (C=O) groups excluding carboxylic acids is 2. The van der Waals surface area contributed by atoms with Crippen LogP contribution in [0.1, 0.15) is 44.4 Å². The highest BCUT2D eigenvalue weighted by molar-refractivity contribution is 5.79. The summed E-state index contributed by atoms with van der Waals surface area (Å²) in [5.74, 6) is -0.0665. The number of aryl methyl sites for hydroxylation is 1. The van der Waals surface area contributed by atoms with Crippen molar-refractivity contribution in [2.45, 2.75) is 46.2 Å². The zero-order valence-corrected chi connectivity index (χ0v) is 14.9. The summed E-state index contributed by atoms with van der Waals surface area (Å²) in [6, 6.07) is 8.35. The van der Waals surface area contributed by atoms with Crippen molar-refractivity contribution in [1.82, 2.24) is 10.6 Å². The molecular weight excluding hydrogens is 290 g/mol. The third-order valence-electron chi connectivity index (χ3n) is 3.60. The third-order valence-corrected chi connectivity index (χ3v) is 3.60. The summed E-state index contributed by atoms with van der Waals surface area (Å²) >= 11 is 0. The van der Waals surface area contributed by atoms with E-state index in [0.717, 1.165) is 16.9 Å². The molecule has 0 spiro atoms. The fourth-order valence-corrected chi connectivity index (χ4v) is 2.45. The Hall–Kier alpha value is -1.88. The van der Waals surface area contributed by atoms with E-state index in [1.54, 1.807) is 0 Å². The number of hydrogen-bond donors (Lipinski definition) is 3. The molecule has 0 saturated heterocycles. The molecule has 5 nitrogen and oxygen atoms in total. The molecule has 0 fully saturated rings. The summed E-state index contributed by atoms with van der Waals surface area (Å²) < 4.78 is 0. The van der Waals surface area contributed by atoms with E-state index in [1.165, 1.54) is 5.56 Å². The zero-order chi connectivity index (χ0) is 17.4. The Bertz CT molecular complexity index is 512. The molecule has 1 aromatic carbocycles. The van der Waals surface area contributed by atoms with Gasteiger partial charge in [0.05, 0.1) is 13.1 Å². The second-order valence-electron chi connectivity index (χ2n) is 6.47. The summed E-state index contributed by atoms with van der Waals surface area (Å²) in [6.45, 7) is 8.53. The lowest BCUT2D eigenvalue weighted by atomic mass is 10.0. The van der Waals surface area contributed by atoms with Crippen molar-refractivity contribution in [3.05, 3.63) is 35.4 Å². The first-order valence-corrected chi connectivity index (χ1v) is 8.28. The van der Waals surface area contributed by atoms with Gasteiger partial charge in [0.1, 0.15) is 0 Å². The molecule has 0 aliphatic carbocycles. The predicted octanol–water partition coefficient (Wildman–Crippen LogP) is 0.602. The van der Waals surface area contributed by atoms with Crippen LogP contribution in [0.2, 0.25) is 0 Å². The highest BCUT2D eigenvalue weighted by atomic mass is 16.2. The third kappa shape index (κ3) is 7.28. The lowest BCUT2D eigenvalue weighted by Crippen LogP contribution is -3.11. The largest absolute Gasteiger partial charge is 0.349 e. The maximum atomic E-state index is 12.2. The van der Waals surface area contributed by atoms with Gasteiger partial charge in [0.15, 0.2) is 13.1 Å². The van der Waals surface area contributed by atoms with Gasteiger partial charge in [0, 0.05) is 6.04 Å². The van der Waals surface area contributed by atoms with Gasteiger partial charge in [-0.15, -0.1) is 0 Å². The molecule has 2 atom stereocenters. The first-order valence-electron chi connectivity index (χ1n) is 8.28. The summed E-state index contributed by atoms with van der Waals surface area (Å²) in [6.07, 6.45) is 0.835. The van der Waals surface area contributed by atoms with Crippen molar-refractivity contribution in [3.63, 3.8) is 0 Å². The van der Waals surface area contributed by atoms with Gasteiger partial charge < -0.3 is 15.5 Å². The zero-order valence-electron chi connectivity index (χ0n) is 14.9. The topological polar surface area (TPSA) is 62.6 Å². The van der Waals surface area contributed by atoms with Gasteiger partial charge in [-0.3, -0.25) is 9.59 Å². The summed E-state index contributed by atoms with van der Waals surface area (Å²) in [4.78, 5) is 24.8. The monoisotopic (exact) mass is 320 g/mol. The van der Waals surface area contributed by atoms with Gasteiger partial charge in [-0.2, -0.15) is 0 Å². The normalized spacial score (nSPS) is 13.5. The van der Waals surface area contributed by atoms with E-state index in [-0.39, 0.29) is 30.4 Å². The number of carbonyl (C=O) groups is 2. The number of amides is 2. The van der Waals surface area contributed by atoms with Crippen molar-refractivity contribution in [1.29, 1.82) is 0 Å². The Morgan fingerprint density at radius 2 is 1.57 bits per heavy atom. The van der Waals surface area contributed by atoms with Crippen molar-refractivity contribution >= 4 is 11.8 Å². The van der Waals surface area contributed by atoms with E-state index in [4.69, 9.17) is 0 Å². The Morgan fingerprint density at radius 3 is 2.04 bits per heavy atom. The molecule has 0 radical (unpaired) electrons. The molecule has 1 rings (SSSR count).